The van der Waals surface area contributed by atoms with Crippen LogP contribution in [0.15, 0.2) is 42.6 Å². The molecule has 2 aromatic heterocycles. The molecule has 3 rings (SSSR count). The van der Waals surface area contributed by atoms with E-state index >= 15 is 0 Å². The van der Waals surface area contributed by atoms with E-state index < -0.39 is 17.7 Å². The molecule has 0 saturated carbocycles. The van der Waals surface area contributed by atoms with Crippen LogP contribution in [0.25, 0.3) is 11.1 Å². The predicted octanol–water partition coefficient (Wildman–Crippen LogP) is 5.71. The van der Waals surface area contributed by atoms with Gasteiger partial charge in [0, 0.05) is 24.6 Å². The number of pyridine rings is 1. The number of aromatic carboxylic acids is 1. The Morgan fingerprint density at radius 1 is 1.09 bits per heavy atom. The summed E-state index contributed by atoms with van der Waals surface area (Å²) in [6, 6.07) is 10.3. The quantitative estimate of drug-likeness (QED) is 0.385. The number of hydrogen-bond donors (Lipinski definition) is 1. The Kier molecular flexibility index (Phi) is 7.66. The van der Waals surface area contributed by atoms with Gasteiger partial charge in [-0.2, -0.15) is 8.78 Å². The van der Waals surface area contributed by atoms with E-state index in [-0.39, 0.29) is 18.5 Å². The zero-order valence-electron chi connectivity index (χ0n) is 18.4. The number of alkyl halides is 2. The van der Waals surface area contributed by atoms with Gasteiger partial charge in [-0.25, -0.2) is 14.5 Å². The molecule has 2 heterocycles. The lowest BCUT2D eigenvalue weighted by molar-refractivity contribution is -0.0232. The van der Waals surface area contributed by atoms with Crippen LogP contribution in [0, 0.1) is 0 Å². The summed E-state index contributed by atoms with van der Waals surface area (Å²) in [6.07, 6.45) is 5.09. The third-order valence-corrected chi connectivity index (χ3v) is 5.25. The molecular weight excluding hydrogens is 414 g/mol. The van der Waals surface area contributed by atoms with Crippen LogP contribution in [0.3, 0.4) is 0 Å². The molecule has 1 aromatic carbocycles. The fourth-order valence-electron chi connectivity index (χ4n) is 3.55. The molecule has 170 valence electrons. The van der Waals surface area contributed by atoms with Crippen LogP contribution in [-0.4, -0.2) is 30.8 Å². The molecule has 0 aliphatic rings. The third-order valence-electron chi connectivity index (χ3n) is 5.25. The minimum atomic E-state index is -3.06. The van der Waals surface area contributed by atoms with E-state index in [1.165, 1.54) is 4.68 Å². The number of rotatable bonds is 11. The highest BCUT2D eigenvalue weighted by Gasteiger charge is 2.36. The second-order valence-corrected chi connectivity index (χ2v) is 7.81. The van der Waals surface area contributed by atoms with Crippen LogP contribution in [0.2, 0.25) is 0 Å². The van der Waals surface area contributed by atoms with Gasteiger partial charge in [0.05, 0.1) is 17.8 Å². The highest BCUT2D eigenvalue weighted by atomic mass is 19.3. The smallest absolute Gasteiger partial charge is 0.336 e. The summed E-state index contributed by atoms with van der Waals surface area (Å²) in [7, 11) is 0. The molecule has 6 nitrogen and oxygen atoms in total. The monoisotopic (exact) mass is 442 g/mol. The van der Waals surface area contributed by atoms with Crippen molar-refractivity contribution in [3.63, 3.8) is 0 Å². The Bertz CT molecular complexity index is 1050. The van der Waals surface area contributed by atoms with Gasteiger partial charge in [0.2, 0.25) is 5.82 Å². The van der Waals surface area contributed by atoms with E-state index in [0.717, 1.165) is 19.3 Å². The molecule has 32 heavy (non-hydrogen) atoms. The largest absolute Gasteiger partial charge is 0.478 e. The van der Waals surface area contributed by atoms with Crippen molar-refractivity contribution in [2.75, 3.05) is 0 Å². The fraction of sp³-hybridized carbons (Fsp3) is 0.417. The SMILES string of the molecule is CCCCCc1nc(C(F)(F)CCC)nn1Cc1ccc(-c2ccccc2C(=O)O)cn1. The molecule has 0 amide bonds. The van der Waals surface area contributed by atoms with E-state index in [1.54, 1.807) is 49.5 Å². The van der Waals surface area contributed by atoms with Gasteiger partial charge in [-0.3, -0.25) is 4.98 Å². The van der Waals surface area contributed by atoms with Crippen LogP contribution in [0.4, 0.5) is 8.78 Å². The Balaban J connectivity index is 1.86. The van der Waals surface area contributed by atoms with Crippen LogP contribution < -0.4 is 0 Å². The molecule has 3 aromatic rings. The summed E-state index contributed by atoms with van der Waals surface area (Å²) in [5.74, 6) is -3.97. The van der Waals surface area contributed by atoms with E-state index in [2.05, 4.69) is 22.0 Å². The van der Waals surface area contributed by atoms with E-state index in [4.69, 9.17) is 0 Å². The Hall–Kier alpha value is -3.16. The van der Waals surface area contributed by atoms with Gasteiger partial charge in [-0.1, -0.05) is 51.0 Å². The molecule has 8 heteroatoms. The zero-order valence-corrected chi connectivity index (χ0v) is 18.4. The number of hydrogen-bond acceptors (Lipinski definition) is 4. The number of carboxylic acids is 1. The van der Waals surface area contributed by atoms with E-state index in [0.29, 0.717) is 35.5 Å². The number of unbranched alkanes of at least 4 members (excludes halogenated alkanes) is 2. The number of aryl methyl sites for hydroxylation is 1. The predicted molar refractivity (Wildman–Crippen MR) is 118 cm³/mol. The maximum Gasteiger partial charge on any atom is 0.336 e. The lowest BCUT2D eigenvalue weighted by atomic mass is 10.0. The molecular formula is C24H28F2N4O2. The average molecular weight is 443 g/mol. The molecule has 1 N–H and O–H groups in total. The molecule has 0 unspecified atom stereocenters. The first-order valence-corrected chi connectivity index (χ1v) is 10.9. The highest BCUT2D eigenvalue weighted by Crippen LogP contribution is 2.31. The summed E-state index contributed by atoms with van der Waals surface area (Å²) >= 11 is 0. The van der Waals surface area contributed by atoms with Crippen LogP contribution >= 0.6 is 0 Å². The summed E-state index contributed by atoms with van der Waals surface area (Å²) < 4.78 is 30.4. The van der Waals surface area contributed by atoms with Crippen LogP contribution in [-0.2, 0) is 18.9 Å². The molecule has 0 atom stereocenters. The summed E-state index contributed by atoms with van der Waals surface area (Å²) in [4.78, 5) is 20.1. The molecule has 0 fully saturated rings. The zero-order chi connectivity index (χ0) is 23.1. The van der Waals surface area contributed by atoms with Gasteiger partial charge in [0.25, 0.3) is 0 Å². The van der Waals surface area contributed by atoms with Crippen molar-refractivity contribution < 1.29 is 18.7 Å². The molecule has 0 aliphatic carbocycles. The molecule has 0 aliphatic heterocycles. The van der Waals surface area contributed by atoms with Gasteiger partial charge in [-0.05, 0) is 30.5 Å². The second kappa shape index (κ2) is 10.4. The van der Waals surface area contributed by atoms with Crippen molar-refractivity contribution in [1.82, 2.24) is 19.7 Å². The highest BCUT2D eigenvalue weighted by molar-refractivity contribution is 5.95. The summed E-state index contributed by atoms with van der Waals surface area (Å²) in [6.45, 7) is 4.01. The number of aromatic nitrogens is 4. The number of halogens is 2. The minimum absolute atomic E-state index is 0.194. The first-order chi connectivity index (χ1) is 15.4. The topological polar surface area (TPSA) is 80.9 Å². The normalized spacial score (nSPS) is 11.6. The van der Waals surface area contributed by atoms with Crippen molar-refractivity contribution in [2.45, 2.75) is 64.8 Å². The minimum Gasteiger partial charge on any atom is -0.478 e. The van der Waals surface area contributed by atoms with Gasteiger partial charge in [-0.15, -0.1) is 5.10 Å². The first-order valence-electron chi connectivity index (χ1n) is 10.9. The van der Waals surface area contributed by atoms with Gasteiger partial charge in [0.1, 0.15) is 5.82 Å². The molecule has 0 bridgehead atoms. The van der Waals surface area contributed by atoms with E-state index in [1.807, 2.05) is 0 Å². The third kappa shape index (κ3) is 5.55. The number of nitrogens with zero attached hydrogens (tertiary/aromatic N) is 4. The fourth-order valence-corrected chi connectivity index (χ4v) is 3.55. The lowest BCUT2D eigenvalue weighted by Gasteiger charge is -2.10. The Morgan fingerprint density at radius 3 is 2.53 bits per heavy atom. The molecule has 0 spiro atoms. The summed E-state index contributed by atoms with van der Waals surface area (Å²) in [5.41, 5.74) is 2.07. The maximum atomic E-state index is 14.4. The second-order valence-electron chi connectivity index (χ2n) is 7.81. The number of benzene rings is 1. The lowest BCUT2D eigenvalue weighted by Crippen LogP contribution is -2.16. The standard InChI is InChI=1S/C24H28F2N4O2/c1-3-5-6-11-21-28-23(24(25,26)14-4-2)29-30(21)16-18-13-12-17(15-27-18)19-9-7-8-10-20(19)22(31)32/h7-10,12-13,15H,3-6,11,14,16H2,1-2H3,(H,31,32). The Labute approximate surface area is 186 Å². The van der Waals surface area contributed by atoms with Crippen molar-refractivity contribution in [3.05, 3.63) is 65.5 Å². The van der Waals surface area contributed by atoms with Crippen molar-refractivity contribution in [3.8, 4) is 11.1 Å². The van der Waals surface area contributed by atoms with Gasteiger partial charge < -0.3 is 5.11 Å². The molecule has 0 saturated heterocycles. The van der Waals surface area contributed by atoms with Crippen molar-refractivity contribution >= 4 is 5.97 Å². The summed E-state index contributed by atoms with van der Waals surface area (Å²) in [5, 5.41) is 13.5. The van der Waals surface area contributed by atoms with Crippen LogP contribution in [0.5, 0.6) is 0 Å². The van der Waals surface area contributed by atoms with Crippen molar-refractivity contribution in [1.29, 1.82) is 0 Å². The van der Waals surface area contributed by atoms with E-state index in [9.17, 15) is 18.7 Å². The Morgan fingerprint density at radius 2 is 1.88 bits per heavy atom. The average Bonchev–Trinajstić information content (AvgIpc) is 3.18. The van der Waals surface area contributed by atoms with Gasteiger partial charge in [0.15, 0.2) is 0 Å². The van der Waals surface area contributed by atoms with Gasteiger partial charge >= 0.3 is 11.9 Å². The van der Waals surface area contributed by atoms with Crippen molar-refractivity contribution in [2.24, 2.45) is 0 Å². The number of carboxylic acid groups (broad SMARTS) is 1. The van der Waals surface area contributed by atoms with Crippen LogP contribution in [0.1, 0.15) is 73.7 Å². The molecule has 0 radical (unpaired) electrons. The number of carbonyl (C=O) groups is 1. The maximum absolute atomic E-state index is 14.4. The first kappa shape index (κ1) is 23.5.